The quantitative estimate of drug-likeness (QED) is 0.363. The molecule has 0 bridgehead atoms. The second-order valence-corrected chi connectivity index (χ2v) is 11.6. The van der Waals surface area contributed by atoms with E-state index in [1.54, 1.807) is 42.7 Å². The fourth-order valence-electron chi connectivity index (χ4n) is 4.74. The first kappa shape index (κ1) is 23.1. The fraction of sp³-hybridized carbons (Fsp3) is 0.269. The van der Waals surface area contributed by atoms with E-state index in [0.717, 1.165) is 42.7 Å². The van der Waals surface area contributed by atoms with E-state index < -0.39 is 10.0 Å². The summed E-state index contributed by atoms with van der Waals surface area (Å²) in [6, 6.07) is 14.8. The molecule has 6 nitrogen and oxygen atoms in total. The summed E-state index contributed by atoms with van der Waals surface area (Å²) in [6.07, 6.45) is 3.34. The summed E-state index contributed by atoms with van der Waals surface area (Å²) < 4.78 is 28.4. The molecular formula is C26H27BrN4O2S. The summed E-state index contributed by atoms with van der Waals surface area (Å²) in [6.45, 7) is 8.52. The van der Waals surface area contributed by atoms with Crippen LogP contribution in [0.1, 0.15) is 11.1 Å². The Morgan fingerprint density at radius 1 is 0.912 bits per heavy atom. The normalized spacial score (nSPS) is 15.2. The Morgan fingerprint density at radius 3 is 2.21 bits per heavy atom. The summed E-state index contributed by atoms with van der Waals surface area (Å²) >= 11 is 3.55. The second-order valence-electron chi connectivity index (χ2n) is 8.94. The van der Waals surface area contributed by atoms with Crippen molar-refractivity contribution in [3.8, 4) is 11.1 Å². The number of halogens is 1. The number of piperazine rings is 1. The van der Waals surface area contributed by atoms with Crippen molar-refractivity contribution in [2.45, 2.75) is 18.7 Å². The van der Waals surface area contributed by atoms with E-state index in [4.69, 9.17) is 0 Å². The standard InChI is InChI=1S/C26H27BrN4O2S/c1-18-13-20(14-19(2)25(18)30-11-9-29(3)10-12-30)21-15-23-24(27)17-31(26(23)28-16-21)34(32,33)22-7-5-4-6-8-22/h4-8,13-17H,9-12H2,1-3H3. The van der Waals surface area contributed by atoms with E-state index in [9.17, 15) is 8.42 Å². The van der Waals surface area contributed by atoms with Crippen LogP contribution in [-0.4, -0.2) is 55.5 Å². The van der Waals surface area contributed by atoms with Gasteiger partial charge in [0.05, 0.1) is 4.90 Å². The molecule has 2 aromatic heterocycles. The number of benzene rings is 2. The highest BCUT2D eigenvalue weighted by Gasteiger charge is 2.22. The lowest BCUT2D eigenvalue weighted by Gasteiger charge is -2.36. The highest BCUT2D eigenvalue weighted by molar-refractivity contribution is 9.10. The van der Waals surface area contributed by atoms with Crippen LogP contribution >= 0.6 is 15.9 Å². The van der Waals surface area contributed by atoms with E-state index >= 15 is 0 Å². The molecule has 1 aliphatic heterocycles. The number of aryl methyl sites for hydroxylation is 2. The minimum absolute atomic E-state index is 0.232. The first-order chi connectivity index (χ1) is 16.3. The molecule has 8 heteroatoms. The number of hydrogen-bond donors (Lipinski definition) is 0. The number of rotatable bonds is 4. The summed E-state index contributed by atoms with van der Waals surface area (Å²) in [5, 5.41) is 0.760. The SMILES string of the molecule is Cc1cc(-c2cnc3c(c2)c(Br)cn3S(=O)(=O)c2ccccc2)cc(C)c1N1CCN(C)CC1. The van der Waals surface area contributed by atoms with Gasteiger partial charge in [0.15, 0.2) is 5.65 Å². The molecule has 5 rings (SSSR count). The largest absolute Gasteiger partial charge is 0.369 e. The first-order valence-corrected chi connectivity index (χ1v) is 13.5. The summed E-state index contributed by atoms with van der Waals surface area (Å²) in [4.78, 5) is 9.65. The van der Waals surface area contributed by atoms with Crippen LogP contribution in [0.2, 0.25) is 0 Å². The molecule has 0 spiro atoms. The van der Waals surface area contributed by atoms with Gasteiger partial charge in [-0.25, -0.2) is 17.4 Å². The lowest BCUT2D eigenvalue weighted by Crippen LogP contribution is -2.45. The predicted molar refractivity (Wildman–Crippen MR) is 141 cm³/mol. The van der Waals surface area contributed by atoms with Crippen molar-refractivity contribution in [2.75, 3.05) is 38.1 Å². The van der Waals surface area contributed by atoms with Crippen molar-refractivity contribution < 1.29 is 8.42 Å². The maximum atomic E-state index is 13.2. The van der Waals surface area contributed by atoms with Gasteiger partial charge in [-0.1, -0.05) is 18.2 Å². The van der Waals surface area contributed by atoms with Gasteiger partial charge in [-0.15, -0.1) is 0 Å². The van der Waals surface area contributed by atoms with Gasteiger partial charge in [-0.3, -0.25) is 0 Å². The third-order valence-corrected chi connectivity index (χ3v) is 8.80. The monoisotopic (exact) mass is 538 g/mol. The van der Waals surface area contributed by atoms with Crippen LogP contribution < -0.4 is 4.90 Å². The third kappa shape index (κ3) is 4.04. The van der Waals surface area contributed by atoms with Gasteiger partial charge in [-0.05, 0) is 83.8 Å². The molecule has 34 heavy (non-hydrogen) atoms. The van der Waals surface area contributed by atoms with Crippen molar-refractivity contribution in [2.24, 2.45) is 0 Å². The zero-order valence-corrected chi connectivity index (χ0v) is 21.9. The van der Waals surface area contributed by atoms with Gasteiger partial charge < -0.3 is 9.80 Å². The third-order valence-electron chi connectivity index (χ3n) is 6.51. The Hall–Kier alpha value is -2.68. The number of likely N-dealkylation sites (N-methyl/N-ethyl adjacent to an activating group) is 1. The zero-order valence-electron chi connectivity index (χ0n) is 19.5. The molecule has 0 saturated carbocycles. The minimum atomic E-state index is -3.74. The summed E-state index contributed by atoms with van der Waals surface area (Å²) in [7, 11) is -1.58. The molecule has 1 fully saturated rings. The Kier molecular flexibility index (Phi) is 6.00. The number of nitrogens with zero attached hydrogens (tertiary/aromatic N) is 4. The lowest BCUT2D eigenvalue weighted by atomic mass is 9.98. The van der Waals surface area contributed by atoms with Crippen LogP contribution in [0.4, 0.5) is 5.69 Å². The van der Waals surface area contributed by atoms with E-state index in [0.29, 0.717) is 10.1 Å². The molecule has 0 atom stereocenters. The van der Waals surface area contributed by atoms with Gasteiger partial charge in [0.25, 0.3) is 10.0 Å². The molecule has 4 aromatic rings. The van der Waals surface area contributed by atoms with Crippen LogP contribution in [-0.2, 0) is 10.0 Å². The van der Waals surface area contributed by atoms with E-state index in [1.807, 2.05) is 6.07 Å². The maximum absolute atomic E-state index is 13.2. The first-order valence-electron chi connectivity index (χ1n) is 11.3. The molecule has 0 aliphatic carbocycles. The average molecular weight is 539 g/mol. The molecule has 176 valence electrons. The van der Waals surface area contributed by atoms with Crippen molar-refractivity contribution in [3.05, 3.63) is 76.5 Å². The lowest BCUT2D eigenvalue weighted by molar-refractivity contribution is 0.312. The number of hydrogen-bond acceptors (Lipinski definition) is 5. The van der Waals surface area contributed by atoms with Crippen LogP contribution in [0.5, 0.6) is 0 Å². The molecule has 0 amide bonds. The Bertz CT molecular complexity index is 1450. The Balaban J connectivity index is 1.54. The molecule has 3 heterocycles. The minimum Gasteiger partial charge on any atom is -0.369 e. The number of pyridine rings is 1. The molecular weight excluding hydrogens is 512 g/mol. The topological polar surface area (TPSA) is 58.4 Å². The zero-order chi connectivity index (χ0) is 24.0. The maximum Gasteiger partial charge on any atom is 0.269 e. The molecule has 1 saturated heterocycles. The highest BCUT2D eigenvalue weighted by atomic mass is 79.9. The van der Waals surface area contributed by atoms with Crippen LogP contribution in [0, 0.1) is 13.8 Å². The molecule has 0 unspecified atom stereocenters. The Labute approximate surface area is 209 Å². The predicted octanol–water partition coefficient (Wildman–Crippen LogP) is 5.07. The smallest absolute Gasteiger partial charge is 0.269 e. The van der Waals surface area contributed by atoms with Gasteiger partial charge in [0.1, 0.15) is 0 Å². The van der Waals surface area contributed by atoms with Gasteiger partial charge >= 0.3 is 0 Å². The van der Waals surface area contributed by atoms with Crippen LogP contribution in [0.25, 0.3) is 22.2 Å². The van der Waals surface area contributed by atoms with Crippen molar-refractivity contribution in [1.82, 2.24) is 13.9 Å². The number of aromatic nitrogens is 2. The van der Waals surface area contributed by atoms with Gasteiger partial charge in [0.2, 0.25) is 0 Å². The molecule has 1 aliphatic rings. The molecule has 0 radical (unpaired) electrons. The van der Waals surface area contributed by atoms with E-state index in [-0.39, 0.29) is 4.90 Å². The summed E-state index contributed by atoms with van der Waals surface area (Å²) in [5.74, 6) is 0. The van der Waals surface area contributed by atoms with E-state index in [2.05, 4.69) is 63.7 Å². The van der Waals surface area contributed by atoms with Crippen LogP contribution in [0.3, 0.4) is 0 Å². The average Bonchev–Trinajstić information content (AvgIpc) is 3.17. The van der Waals surface area contributed by atoms with Gasteiger partial charge in [-0.2, -0.15) is 0 Å². The van der Waals surface area contributed by atoms with Crippen molar-refractivity contribution >= 4 is 42.7 Å². The van der Waals surface area contributed by atoms with Crippen molar-refractivity contribution in [3.63, 3.8) is 0 Å². The fourth-order valence-corrected chi connectivity index (χ4v) is 6.72. The highest BCUT2D eigenvalue weighted by Crippen LogP contribution is 2.35. The summed E-state index contributed by atoms with van der Waals surface area (Å²) in [5.41, 5.74) is 6.23. The molecule has 0 N–H and O–H groups in total. The number of anilines is 1. The Morgan fingerprint density at radius 2 is 1.56 bits per heavy atom. The van der Waals surface area contributed by atoms with Gasteiger partial charge in [0, 0.05) is 59.7 Å². The number of fused-ring (bicyclic) bond motifs is 1. The van der Waals surface area contributed by atoms with Crippen molar-refractivity contribution in [1.29, 1.82) is 0 Å². The second kappa shape index (κ2) is 8.83. The van der Waals surface area contributed by atoms with E-state index in [1.165, 1.54) is 20.8 Å². The molecule has 2 aromatic carbocycles. The van der Waals surface area contributed by atoms with Crippen LogP contribution in [0.15, 0.2) is 70.3 Å².